The Bertz CT molecular complexity index is 342. The van der Waals surface area contributed by atoms with Crippen molar-refractivity contribution in [3.8, 4) is 0 Å². The molecule has 0 aliphatic heterocycles. The topological polar surface area (TPSA) is 60.7 Å². The van der Waals surface area contributed by atoms with Crippen LogP contribution in [0.25, 0.3) is 0 Å². The Labute approximate surface area is 177 Å². The molecule has 25 heavy (non-hydrogen) atoms. The molecule has 0 saturated heterocycles. The second kappa shape index (κ2) is 13.5. The van der Waals surface area contributed by atoms with Crippen molar-refractivity contribution < 1.29 is 41.5 Å². The Morgan fingerprint density at radius 2 is 0.760 bits per heavy atom. The molecule has 0 unspecified atom stereocenters. The van der Waals surface area contributed by atoms with Crippen molar-refractivity contribution in [3.05, 3.63) is 24.3 Å². The molecular formula is C20H43O3SiZr-. The van der Waals surface area contributed by atoms with E-state index >= 15 is 0 Å². The minimum absolute atomic E-state index is 0. The van der Waals surface area contributed by atoms with Crippen molar-refractivity contribution >= 4 is 13.3 Å². The van der Waals surface area contributed by atoms with E-state index in [2.05, 4.69) is 43.9 Å². The minimum Gasteiger partial charge on any atom is -0.391 e. The van der Waals surface area contributed by atoms with Gasteiger partial charge in [0.1, 0.15) is 0 Å². The number of hydrogen-bond acceptors (Lipinski definition) is 3. The Kier molecular flexibility index (Phi) is 17.8. The summed E-state index contributed by atoms with van der Waals surface area (Å²) in [6, 6.07) is 8.69. The van der Waals surface area contributed by atoms with Crippen LogP contribution in [0.2, 0.25) is 19.6 Å². The van der Waals surface area contributed by atoms with Crippen molar-refractivity contribution in [1.29, 1.82) is 0 Å². The quantitative estimate of drug-likeness (QED) is 0.442. The van der Waals surface area contributed by atoms with E-state index in [9.17, 15) is 0 Å². The molecule has 5 heteroatoms. The zero-order chi connectivity index (χ0) is 20.4. The molecule has 0 amide bonds. The van der Waals surface area contributed by atoms with Crippen LogP contribution in [0.5, 0.6) is 0 Å². The van der Waals surface area contributed by atoms with Crippen LogP contribution in [0.4, 0.5) is 0 Å². The molecule has 150 valence electrons. The fourth-order valence-corrected chi connectivity index (χ4v) is 2.07. The summed E-state index contributed by atoms with van der Waals surface area (Å²) in [5.41, 5.74) is -1.50. The van der Waals surface area contributed by atoms with Crippen LogP contribution in [-0.2, 0) is 26.2 Å². The maximum absolute atomic E-state index is 8.52. The maximum atomic E-state index is 8.52. The maximum Gasteiger partial charge on any atom is 0.0563 e. The zero-order valence-electron chi connectivity index (χ0n) is 18.7. The van der Waals surface area contributed by atoms with Gasteiger partial charge in [-0.2, -0.15) is 17.3 Å². The average Bonchev–Trinajstić information content (AvgIpc) is 2.58. The fourth-order valence-electron chi connectivity index (χ4n) is 0.874. The molecule has 0 radical (unpaired) electrons. The predicted octanol–water partition coefficient (Wildman–Crippen LogP) is 4.28. The van der Waals surface area contributed by atoms with Gasteiger partial charge in [-0.25, -0.2) is 12.1 Å². The van der Waals surface area contributed by atoms with E-state index in [1.54, 1.807) is 67.5 Å². The van der Waals surface area contributed by atoms with E-state index in [0.717, 1.165) is 0 Å². The van der Waals surface area contributed by atoms with E-state index in [0.29, 0.717) is 0 Å². The van der Waals surface area contributed by atoms with Crippen LogP contribution >= 0.6 is 0 Å². The Morgan fingerprint density at radius 3 is 0.840 bits per heavy atom. The third kappa shape index (κ3) is 68.3. The third-order valence-corrected chi connectivity index (χ3v) is 3.59. The summed E-state index contributed by atoms with van der Waals surface area (Å²) in [7, 11) is -0.981. The minimum atomic E-state index is -0.981. The summed E-state index contributed by atoms with van der Waals surface area (Å²) in [6.45, 7) is 22.8. The molecule has 0 aromatic heterocycles. The van der Waals surface area contributed by atoms with Gasteiger partial charge in [0.25, 0.3) is 0 Å². The van der Waals surface area contributed by atoms with Gasteiger partial charge in [-0.15, -0.1) is 0 Å². The third-order valence-electron chi connectivity index (χ3n) is 1.53. The van der Waals surface area contributed by atoms with Gasteiger partial charge in [0.05, 0.1) is 16.8 Å². The first-order chi connectivity index (χ1) is 10.1. The van der Waals surface area contributed by atoms with Gasteiger partial charge in [-0.3, -0.25) is 0 Å². The van der Waals surface area contributed by atoms with Gasteiger partial charge in [0.2, 0.25) is 0 Å². The van der Waals surface area contributed by atoms with Gasteiger partial charge in [-0.1, -0.05) is 19.6 Å². The average molecular weight is 451 g/mol. The second-order valence-electron chi connectivity index (χ2n) is 9.94. The number of aliphatic hydroxyl groups is 3. The SMILES string of the molecule is CC(C)(C)O.CC(C)(C)O.CC(C)(C)O.C[Si](C)(C)[c-]1cccc1.[Zr]. The van der Waals surface area contributed by atoms with Crippen LogP contribution in [0.3, 0.4) is 0 Å². The van der Waals surface area contributed by atoms with Crippen molar-refractivity contribution in [1.82, 2.24) is 0 Å². The van der Waals surface area contributed by atoms with Crippen LogP contribution < -0.4 is 5.19 Å². The van der Waals surface area contributed by atoms with Crippen molar-refractivity contribution in [2.75, 3.05) is 0 Å². The van der Waals surface area contributed by atoms with Gasteiger partial charge >= 0.3 is 0 Å². The first-order valence-corrected chi connectivity index (χ1v) is 12.0. The predicted molar refractivity (Wildman–Crippen MR) is 111 cm³/mol. The first kappa shape index (κ1) is 33.0. The molecule has 0 aliphatic carbocycles. The van der Waals surface area contributed by atoms with E-state index in [-0.39, 0.29) is 26.2 Å². The smallest absolute Gasteiger partial charge is 0.0563 e. The van der Waals surface area contributed by atoms with Gasteiger partial charge in [0.15, 0.2) is 0 Å². The van der Waals surface area contributed by atoms with Crippen LogP contribution in [0.15, 0.2) is 24.3 Å². The van der Waals surface area contributed by atoms with Gasteiger partial charge in [0, 0.05) is 34.3 Å². The largest absolute Gasteiger partial charge is 0.391 e. The van der Waals surface area contributed by atoms with Gasteiger partial charge < -0.3 is 15.3 Å². The zero-order valence-corrected chi connectivity index (χ0v) is 22.1. The monoisotopic (exact) mass is 449 g/mol. The molecule has 3 N–H and O–H groups in total. The Morgan fingerprint density at radius 1 is 0.600 bits per heavy atom. The molecule has 0 aliphatic rings. The van der Waals surface area contributed by atoms with Gasteiger partial charge in [-0.05, 0) is 62.3 Å². The Hall–Kier alpha value is 0.330. The van der Waals surface area contributed by atoms with Crippen LogP contribution in [-0.4, -0.2) is 40.2 Å². The Balaban J connectivity index is -0.000000122. The molecule has 1 aromatic carbocycles. The molecule has 0 bridgehead atoms. The van der Waals surface area contributed by atoms with Crippen LogP contribution in [0.1, 0.15) is 62.3 Å². The summed E-state index contributed by atoms with van der Waals surface area (Å²) >= 11 is 0. The molecule has 1 aromatic rings. The summed E-state index contributed by atoms with van der Waals surface area (Å²) in [4.78, 5) is 0. The normalized spacial score (nSPS) is 11.5. The standard InChI is InChI=1S/C8H13Si.3C4H10O.Zr/c1-9(2,3)8-6-4-5-7-8;3*1-4(2,3)5;/h4-7H,1-3H3;3*5H,1-3H3;/q-1;;;;. The molecule has 0 fully saturated rings. The van der Waals surface area contributed by atoms with Crippen molar-refractivity contribution in [2.24, 2.45) is 0 Å². The molecule has 0 spiro atoms. The first-order valence-electron chi connectivity index (χ1n) is 8.50. The fraction of sp³-hybridized carbons (Fsp3) is 0.750. The van der Waals surface area contributed by atoms with E-state index in [1.807, 2.05) is 0 Å². The number of hydrogen-bond donors (Lipinski definition) is 3. The van der Waals surface area contributed by atoms with Crippen molar-refractivity contribution in [3.63, 3.8) is 0 Å². The summed E-state index contributed by atoms with van der Waals surface area (Å²) in [6.07, 6.45) is 0. The van der Waals surface area contributed by atoms with E-state index < -0.39 is 24.9 Å². The molecular weight excluding hydrogens is 408 g/mol. The molecule has 0 saturated carbocycles. The molecule has 0 atom stereocenters. The van der Waals surface area contributed by atoms with E-state index in [1.165, 1.54) is 0 Å². The van der Waals surface area contributed by atoms with E-state index in [4.69, 9.17) is 15.3 Å². The molecule has 3 nitrogen and oxygen atoms in total. The van der Waals surface area contributed by atoms with Crippen LogP contribution in [0, 0.1) is 0 Å². The second-order valence-corrected chi connectivity index (χ2v) is 15.0. The summed E-state index contributed by atoms with van der Waals surface area (Å²) in [5.74, 6) is 0. The summed E-state index contributed by atoms with van der Waals surface area (Å²) in [5, 5.41) is 27.1. The molecule has 0 heterocycles. The number of rotatable bonds is 1. The molecule has 1 rings (SSSR count). The summed E-state index contributed by atoms with van der Waals surface area (Å²) < 4.78 is 0. The van der Waals surface area contributed by atoms with Crippen molar-refractivity contribution in [2.45, 2.75) is 98.8 Å².